The minimum absolute atomic E-state index is 0.200. The maximum absolute atomic E-state index is 12.7. The molecule has 0 saturated heterocycles. The number of fused-ring (bicyclic) bond motifs is 1. The number of benzene rings is 2. The van der Waals surface area contributed by atoms with Gasteiger partial charge in [-0.3, -0.25) is 4.79 Å². The van der Waals surface area contributed by atoms with Crippen LogP contribution in [0.3, 0.4) is 0 Å². The largest absolute Gasteiger partial charge is 0.497 e. The van der Waals surface area contributed by atoms with Crippen LogP contribution >= 0.6 is 0 Å². The van der Waals surface area contributed by atoms with Crippen LogP contribution in [0.2, 0.25) is 0 Å². The number of carbonyl (C=O) groups is 2. The van der Waals surface area contributed by atoms with Crippen molar-refractivity contribution in [3.8, 4) is 17.2 Å². The highest BCUT2D eigenvalue weighted by molar-refractivity contribution is 5.92. The summed E-state index contributed by atoms with van der Waals surface area (Å²) < 4.78 is 21.4. The summed E-state index contributed by atoms with van der Waals surface area (Å²) in [5, 5.41) is 0. The molecule has 7 nitrogen and oxygen atoms in total. The van der Waals surface area contributed by atoms with Crippen molar-refractivity contribution in [3.05, 3.63) is 53.6 Å². The molecule has 2 aromatic carbocycles. The minimum atomic E-state index is -0.560. The van der Waals surface area contributed by atoms with Gasteiger partial charge in [-0.15, -0.1) is 0 Å². The molecule has 0 spiro atoms. The van der Waals surface area contributed by atoms with E-state index in [-0.39, 0.29) is 18.6 Å². The summed E-state index contributed by atoms with van der Waals surface area (Å²) in [6.45, 7) is 1.11. The van der Waals surface area contributed by atoms with Crippen LogP contribution in [-0.4, -0.2) is 49.7 Å². The zero-order valence-corrected chi connectivity index (χ0v) is 16.3. The van der Waals surface area contributed by atoms with Crippen LogP contribution in [0.5, 0.6) is 17.2 Å². The Labute approximate surface area is 169 Å². The van der Waals surface area contributed by atoms with Gasteiger partial charge in [0.15, 0.2) is 18.1 Å². The van der Waals surface area contributed by atoms with Crippen LogP contribution in [0.1, 0.15) is 28.8 Å². The van der Waals surface area contributed by atoms with E-state index < -0.39 is 5.97 Å². The Kier molecular flexibility index (Phi) is 5.55. The van der Waals surface area contributed by atoms with Crippen LogP contribution < -0.4 is 14.2 Å². The van der Waals surface area contributed by atoms with Gasteiger partial charge in [0.1, 0.15) is 19.0 Å². The first-order valence-corrected chi connectivity index (χ1v) is 9.63. The summed E-state index contributed by atoms with van der Waals surface area (Å²) in [6, 6.07) is 12.7. The van der Waals surface area contributed by atoms with E-state index in [1.165, 1.54) is 0 Å². The Hall–Kier alpha value is -3.22. The smallest absolute Gasteiger partial charge is 0.338 e. The van der Waals surface area contributed by atoms with Gasteiger partial charge in [0, 0.05) is 12.6 Å². The van der Waals surface area contributed by atoms with E-state index >= 15 is 0 Å². The number of nitrogens with zero attached hydrogens (tertiary/aromatic N) is 1. The van der Waals surface area contributed by atoms with Crippen LogP contribution in [-0.2, 0) is 16.1 Å². The lowest BCUT2D eigenvalue weighted by Crippen LogP contribution is -2.36. The molecule has 0 aromatic heterocycles. The molecule has 29 heavy (non-hydrogen) atoms. The molecular weight excluding hydrogens is 374 g/mol. The van der Waals surface area contributed by atoms with E-state index in [0.717, 1.165) is 24.2 Å². The standard InChI is InChI=1S/C22H23NO6/c1-26-18-7-2-15(3-8-18)13-23(17-5-6-17)21(24)14-29-22(25)16-4-9-19-20(12-16)28-11-10-27-19/h2-4,7-9,12,17H,5-6,10-11,13-14H2,1H3. The molecule has 2 aliphatic rings. The predicted octanol–water partition coefficient (Wildman–Crippen LogP) is 2.81. The van der Waals surface area contributed by atoms with Crippen molar-refractivity contribution >= 4 is 11.9 Å². The summed E-state index contributed by atoms with van der Waals surface area (Å²) >= 11 is 0. The molecule has 1 saturated carbocycles. The molecule has 1 heterocycles. The molecule has 0 unspecified atom stereocenters. The van der Waals surface area contributed by atoms with E-state index in [0.29, 0.717) is 36.8 Å². The highest BCUT2D eigenvalue weighted by Crippen LogP contribution is 2.31. The number of hydrogen-bond acceptors (Lipinski definition) is 6. The van der Waals surface area contributed by atoms with Crippen LogP contribution in [0.15, 0.2) is 42.5 Å². The fourth-order valence-corrected chi connectivity index (χ4v) is 3.20. The third kappa shape index (κ3) is 4.62. The fourth-order valence-electron chi connectivity index (χ4n) is 3.20. The predicted molar refractivity (Wildman–Crippen MR) is 104 cm³/mol. The molecule has 2 aromatic rings. The Morgan fingerprint density at radius 1 is 1.03 bits per heavy atom. The maximum Gasteiger partial charge on any atom is 0.338 e. The highest BCUT2D eigenvalue weighted by atomic mass is 16.6. The topological polar surface area (TPSA) is 74.3 Å². The molecule has 0 bridgehead atoms. The molecule has 1 amide bonds. The summed E-state index contributed by atoms with van der Waals surface area (Å²) in [7, 11) is 1.62. The third-order valence-corrected chi connectivity index (χ3v) is 4.92. The Bertz CT molecular complexity index is 891. The van der Waals surface area contributed by atoms with Crippen LogP contribution in [0, 0.1) is 0 Å². The second-order valence-corrected chi connectivity index (χ2v) is 7.04. The first-order valence-electron chi connectivity index (χ1n) is 9.63. The van der Waals surface area contributed by atoms with Crippen LogP contribution in [0.4, 0.5) is 0 Å². The number of methoxy groups -OCH3 is 1. The summed E-state index contributed by atoms with van der Waals surface area (Å²) in [5.41, 5.74) is 1.33. The first-order chi connectivity index (χ1) is 14.1. The lowest BCUT2D eigenvalue weighted by molar-refractivity contribution is -0.135. The van der Waals surface area contributed by atoms with Crippen molar-refractivity contribution in [2.45, 2.75) is 25.4 Å². The lowest BCUT2D eigenvalue weighted by atomic mass is 10.2. The van der Waals surface area contributed by atoms with Crippen molar-refractivity contribution in [1.82, 2.24) is 4.90 Å². The zero-order chi connectivity index (χ0) is 20.2. The normalized spacial score (nSPS) is 14.8. The van der Waals surface area contributed by atoms with Gasteiger partial charge in [0.05, 0.1) is 12.7 Å². The zero-order valence-electron chi connectivity index (χ0n) is 16.3. The Morgan fingerprint density at radius 2 is 1.76 bits per heavy atom. The molecule has 4 rings (SSSR count). The van der Waals surface area contributed by atoms with E-state index in [1.54, 1.807) is 30.2 Å². The van der Waals surface area contributed by atoms with Gasteiger partial charge in [-0.1, -0.05) is 12.1 Å². The second-order valence-electron chi connectivity index (χ2n) is 7.04. The molecular formula is C22H23NO6. The Balaban J connectivity index is 1.36. The van der Waals surface area contributed by atoms with Crippen molar-refractivity contribution in [2.24, 2.45) is 0 Å². The molecule has 7 heteroatoms. The van der Waals surface area contributed by atoms with Crippen molar-refractivity contribution in [3.63, 3.8) is 0 Å². The molecule has 152 valence electrons. The average molecular weight is 397 g/mol. The molecule has 0 atom stereocenters. The summed E-state index contributed by atoms with van der Waals surface area (Å²) in [6.07, 6.45) is 1.94. The van der Waals surface area contributed by atoms with E-state index in [4.69, 9.17) is 18.9 Å². The van der Waals surface area contributed by atoms with E-state index in [9.17, 15) is 9.59 Å². The minimum Gasteiger partial charge on any atom is -0.497 e. The summed E-state index contributed by atoms with van der Waals surface area (Å²) in [4.78, 5) is 26.8. The summed E-state index contributed by atoms with van der Waals surface area (Å²) in [5.74, 6) is 1.12. The second kappa shape index (κ2) is 8.43. The number of amides is 1. The number of esters is 1. The SMILES string of the molecule is COc1ccc(CN(C(=O)COC(=O)c2ccc3c(c2)OCCO3)C2CC2)cc1. The quantitative estimate of drug-likeness (QED) is 0.669. The van der Waals surface area contributed by atoms with Crippen molar-refractivity contribution in [2.75, 3.05) is 26.9 Å². The van der Waals surface area contributed by atoms with E-state index in [2.05, 4.69) is 0 Å². The van der Waals surface area contributed by atoms with Crippen LogP contribution in [0.25, 0.3) is 0 Å². The molecule has 0 radical (unpaired) electrons. The fraction of sp³-hybridized carbons (Fsp3) is 0.364. The van der Waals surface area contributed by atoms with Gasteiger partial charge in [-0.25, -0.2) is 4.79 Å². The monoisotopic (exact) mass is 397 g/mol. The van der Waals surface area contributed by atoms with Gasteiger partial charge in [0.2, 0.25) is 0 Å². The molecule has 0 N–H and O–H groups in total. The maximum atomic E-state index is 12.7. The van der Waals surface area contributed by atoms with Gasteiger partial charge in [-0.2, -0.15) is 0 Å². The first kappa shape index (κ1) is 19.1. The highest BCUT2D eigenvalue weighted by Gasteiger charge is 2.33. The van der Waals surface area contributed by atoms with Gasteiger partial charge in [0.25, 0.3) is 5.91 Å². The number of ether oxygens (including phenoxy) is 4. The molecule has 1 aliphatic carbocycles. The lowest BCUT2D eigenvalue weighted by Gasteiger charge is -2.22. The Morgan fingerprint density at radius 3 is 2.45 bits per heavy atom. The van der Waals surface area contributed by atoms with E-state index in [1.807, 2.05) is 24.3 Å². The number of hydrogen-bond donors (Lipinski definition) is 0. The molecule has 1 aliphatic heterocycles. The van der Waals surface area contributed by atoms with Gasteiger partial charge in [-0.05, 0) is 48.7 Å². The number of rotatable bonds is 7. The van der Waals surface area contributed by atoms with Gasteiger partial charge < -0.3 is 23.8 Å². The number of carbonyl (C=O) groups excluding carboxylic acids is 2. The van der Waals surface area contributed by atoms with Crippen molar-refractivity contribution < 1.29 is 28.5 Å². The molecule has 1 fully saturated rings. The van der Waals surface area contributed by atoms with Gasteiger partial charge >= 0.3 is 5.97 Å². The average Bonchev–Trinajstić information content (AvgIpc) is 3.61. The third-order valence-electron chi connectivity index (χ3n) is 4.92. The van der Waals surface area contributed by atoms with Crippen molar-refractivity contribution in [1.29, 1.82) is 0 Å².